The molecule has 0 spiro atoms. The number of amides is 1. The van der Waals surface area contributed by atoms with E-state index >= 15 is 0 Å². The summed E-state index contributed by atoms with van der Waals surface area (Å²) in [5.74, 6) is 3.43. The van der Waals surface area contributed by atoms with Crippen LogP contribution in [-0.2, 0) is 0 Å². The maximum atomic E-state index is 13.2. The maximum absolute atomic E-state index is 13.2. The third-order valence-corrected chi connectivity index (χ3v) is 6.51. The Hall–Kier alpha value is -3.68. The molecule has 0 radical (unpaired) electrons. The molecule has 0 bridgehead atoms. The van der Waals surface area contributed by atoms with Crippen LogP contribution in [0.1, 0.15) is 35.4 Å². The van der Waals surface area contributed by atoms with E-state index in [4.69, 9.17) is 4.74 Å². The Balaban J connectivity index is 1.22. The molecule has 35 heavy (non-hydrogen) atoms. The summed E-state index contributed by atoms with van der Waals surface area (Å²) >= 11 is 0. The highest BCUT2D eigenvalue weighted by Crippen LogP contribution is 2.25. The average molecular weight is 476 g/mol. The number of rotatable bonds is 5. The maximum Gasteiger partial charge on any atom is 0.254 e. The Morgan fingerprint density at radius 2 is 1.46 bits per heavy atom. The van der Waals surface area contributed by atoms with Crippen molar-refractivity contribution in [3.8, 4) is 11.5 Å². The van der Waals surface area contributed by atoms with Gasteiger partial charge in [-0.05, 0) is 68.7 Å². The Morgan fingerprint density at radius 1 is 0.800 bits per heavy atom. The second-order valence-corrected chi connectivity index (χ2v) is 9.04. The van der Waals surface area contributed by atoms with Crippen molar-refractivity contribution < 1.29 is 13.9 Å². The van der Waals surface area contributed by atoms with Crippen molar-refractivity contribution in [2.45, 2.75) is 26.2 Å². The van der Waals surface area contributed by atoms with Crippen molar-refractivity contribution in [1.29, 1.82) is 0 Å². The molecule has 2 aliphatic rings. The molecule has 182 valence electrons. The molecule has 2 aliphatic heterocycles. The van der Waals surface area contributed by atoms with Crippen LogP contribution in [0.15, 0.2) is 54.6 Å². The standard InChI is InChI=1S/C27H30FN5O2/c1-20-29-25(31-12-3-2-4-13-31)19-26(30-20)32-14-16-33(17-15-32)27(34)21-6-5-7-24(18-21)35-23-10-8-22(28)9-11-23/h5-11,18-19H,2-4,12-17H2,1H3. The van der Waals surface area contributed by atoms with Gasteiger partial charge in [-0.3, -0.25) is 4.79 Å². The fourth-order valence-electron chi connectivity index (χ4n) is 4.64. The van der Waals surface area contributed by atoms with Gasteiger partial charge in [0.25, 0.3) is 5.91 Å². The van der Waals surface area contributed by atoms with Crippen molar-refractivity contribution in [2.24, 2.45) is 0 Å². The predicted molar refractivity (Wildman–Crippen MR) is 134 cm³/mol. The molecule has 3 aromatic rings. The van der Waals surface area contributed by atoms with E-state index in [-0.39, 0.29) is 11.7 Å². The number of piperazine rings is 1. The molecular weight excluding hydrogens is 445 g/mol. The number of carbonyl (C=O) groups excluding carboxylic acids is 1. The summed E-state index contributed by atoms with van der Waals surface area (Å²) in [5.41, 5.74) is 0.573. The van der Waals surface area contributed by atoms with E-state index in [1.165, 1.54) is 31.4 Å². The summed E-state index contributed by atoms with van der Waals surface area (Å²) in [7, 11) is 0. The molecule has 0 atom stereocenters. The van der Waals surface area contributed by atoms with E-state index in [0.29, 0.717) is 43.2 Å². The number of hydrogen-bond acceptors (Lipinski definition) is 6. The first-order valence-corrected chi connectivity index (χ1v) is 12.2. The van der Waals surface area contributed by atoms with E-state index in [1.54, 1.807) is 36.4 Å². The molecule has 5 rings (SSSR count). The molecule has 1 amide bonds. The van der Waals surface area contributed by atoms with E-state index in [2.05, 4.69) is 25.8 Å². The zero-order valence-corrected chi connectivity index (χ0v) is 20.0. The predicted octanol–water partition coefficient (Wildman–Crippen LogP) is 4.67. The van der Waals surface area contributed by atoms with Crippen LogP contribution in [0.4, 0.5) is 16.0 Å². The van der Waals surface area contributed by atoms with Crippen molar-refractivity contribution in [3.63, 3.8) is 0 Å². The van der Waals surface area contributed by atoms with Crippen LogP contribution in [0.5, 0.6) is 11.5 Å². The third-order valence-electron chi connectivity index (χ3n) is 6.51. The van der Waals surface area contributed by atoms with Gasteiger partial charge in [0.05, 0.1) is 0 Å². The van der Waals surface area contributed by atoms with Crippen LogP contribution in [0.25, 0.3) is 0 Å². The molecule has 3 heterocycles. The minimum absolute atomic E-state index is 0.0259. The van der Waals surface area contributed by atoms with Crippen LogP contribution in [0.3, 0.4) is 0 Å². The number of hydrogen-bond donors (Lipinski definition) is 0. The number of aryl methyl sites for hydroxylation is 1. The zero-order valence-electron chi connectivity index (χ0n) is 20.0. The van der Waals surface area contributed by atoms with Crippen LogP contribution >= 0.6 is 0 Å². The highest BCUT2D eigenvalue weighted by molar-refractivity contribution is 5.94. The Morgan fingerprint density at radius 3 is 2.14 bits per heavy atom. The topological polar surface area (TPSA) is 61.8 Å². The smallest absolute Gasteiger partial charge is 0.254 e. The monoisotopic (exact) mass is 475 g/mol. The van der Waals surface area contributed by atoms with E-state index in [9.17, 15) is 9.18 Å². The molecular formula is C27H30FN5O2. The largest absolute Gasteiger partial charge is 0.457 e. The highest BCUT2D eigenvalue weighted by Gasteiger charge is 2.24. The number of ether oxygens (including phenoxy) is 1. The molecule has 8 heteroatoms. The average Bonchev–Trinajstić information content (AvgIpc) is 2.90. The molecule has 2 aromatic carbocycles. The molecule has 2 fully saturated rings. The van der Waals surface area contributed by atoms with Crippen LogP contribution in [0.2, 0.25) is 0 Å². The number of piperidine rings is 1. The molecule has 0 unspecified atom stereocenters. The van der Waals surface area contributed by atoms with Gasteiger partial charge in [-0.15, -0.1) is 0 Å². The number of anilines is 2. The summed E-state index contributed by atoms with van der Waals surface area (Å²) in [4.78, 5) is 29.0. The van der Waals surface area contributed by atoms with Gasteiger partial charge in [0, 0.05) is 50.9 Å². The first kappa shape index (κ1) is 23.1. The fraction of sp³-hybridized carbons (Fsp3) is 0.370. The van der Waals surface area contributed by atoms with Gasteiger partial charge in [0.1, 0.15) is 34.8 Å². The lowest BCUT2D eigenvalue weighted by Gasteiger charge is -2.36. The Labute approximate surface area is 205 Å². The lowest BCUT2D eigenvalue weighted by atomic mass is 10.1. The number of benzene rings is 2. The normalized spacial score (nSPS) is 16.3. The number of aromatic nitrogens is 2. The third kappa shape index (κ3) is 5.53. The van der Waals surface area contributed by atoms with Gasteiger partial charge in [-0.1, -0.05) is 6.07 Å². The van der Waals surface area contributed by atoms with Gasteiger partial charge in [-0.25, -0.2) is 14.4 Å². The SMILES string of the molecule is Cc1nc(N2CCCCC2)cc(N2CCN(C(=O)c3cccc(Oc4ccc(F)cc4)c3)CC2)n1. The molecule has 0 N–H and O–H groups in total. The van der Waals surface area contributed by atoms with Crippen LogP contribution < -0.4 is 14.5 Å². The minimum atomic E-state index is -0.319. The summed E-state index contributed by atoms with van der Waals surface area (Å²) in [6.07, 6.45) is 3.69. The molecule has 0 aliphatic carbocycles. The molecule has 1 aromatic heterocycles. The molecule has 0 saturated carbocycles. The summed E-state index contributed by atoms with van der Waals surface area (Å²) in [6.45, 7) is 6.69. The fourth-order valence-corrected chi connectivity index (χ4v) is 4.64. The van der Waals surface area contributed by atoms with Crippen molar-refractivity contribution in [1.82, 2.24) is 14.9 Å². The lowest BCUT2D eigenvalue weighted by molar-refractivity contribution is 0.0746. The molecule has 7 nitrogen and oxygen atoms in total. The molecule has 2 saturated heterocycles. The van der Waals surface area contributed by atoms with Crippen molar-refractivity contribution >= 4 is 17.5 Å². The van der Waals surface area contributed by atoms with Gasteiger partial charge in [-0.2, -0.15) is 0 Å². The van der Waals surface area contributed by atoms with Gasteiger partial charge < -0.3 is 19.4 Å². The second-order valence-electron chi connectivity index (χ2n) is 9.04. The second kappa shape index (κ2) is 10.3. The summed E-state index contributed by atoms with van der Waals surface area (Å²) in [6, 6.07) is 15.0. The van der Waals surface area contributed by atoms with E-state index < -0.39 is 0 Å². The highest BCUT2D eigenvalue weighted by atomic mass is 19.1. The lowest BCUT2D eigenvalue weighted by Crippen LogP contribution is -2.49. The first-order valence-electron chi connectivity index (χ1n) is 12.2. The van der Waals surface area contributed by atoms with Crippen LogP contribution in [0, 0.1) is 12.7 Å². The Bertz CT molecular complexity index is 1170. The number of carbonyl (C=O) groups is 1. The van der Waals surface area contributed by atoms with Gasteiger partial charge in [0.2, 0.25) is 0 Å². The van der Waals surface area contributed by atoms with E-state index in [1.807, 2.05) is 11.8 Å². The zero-order chi connectivity index (χ0) is 24.2. The van der Waals surface area contributed by atoms with Gasteiger partial charge in [0.15, 0.2) is 0 Å². The minimum Gasteiger partial charge on any atom is -0.457 e. The Kier molecular flexibility index (Phi) is 6.79. The van der Waals surface area contributed by atoms with Gasteiger partial charge >= 0.3 is 0 Å². The summed E-state index contributed by atoms with van der Waals surface area (Å²) < 4.78 is 18.9. The van der Waals surface area contributed by atoms with Crippen molar-refractivity contribution in [2.75, 3.05) is 49.1 Å². The number of nitrogens with zero attached hydrogens (tertiary/aromatic N) is 5. The van der Waals surface area contributed by atoms with Crippen LogP contribution in [-0.4, -0.2) is 60.0 Å². The van der Waals surface area contributed by atoms with E-state index in [0.717, 1.165) is 30.5 Å². The number of halogens is 1. The quantitative estimate of drug-likeness (QED) is 0.535. The van der Waals surface area contributed by atoms with Crippen molar-refractivity contribution in [3.05, 3.63) is 71.8 Å². The first-order chi connectivity index (χ1) is 17.0. The summed E-state index contributed by atoms with van der Waals surface area (Å²) in [5, 5.41) is 0.